The fourth-order valence-electron chi connectivity index (χ4n) is 1.73. The van der Waals surface area contributed by atoms with Crippen molar-refractivity contribution in [2.45, 2.75) is 6.54 Å². The number of hydrogen-bond acceptors (Lipinski definition) is 5. The van der Waals surface area contributed by atoms with Gasteiger partial charge in [0.1, 0.15) is 5.82 Å². The molecule has 2 N–H and O–H groups in total. The number of aromatic nitrogens is 5. The molecule has 3 aromatic heterocycles. The van der Waals surface area contributed by atoms with E-state index >= 15 is 0 Å². The van der Waals surface area contributed by atoms with Gasteiger partial charge in [-0.05, 0) is 29.3 Å². The number of fused-ring (bicyclic) bond motifs is 1. The van der Waals surface area contributed by atoms with Gasteiger partial charge < -0.3 is 5.73 Å². The van der Waals surface area contributed by atoms with Gasteiger partial charge in [0, 0.05) is 12.4 Å². The lowest BCUT2D eigenvalue weighted by Gasteiger charge is -2.03. The Morgan fingerprint density at radius 3 is 2.78 bits per heavy atom. The van der Waals surface area contributed by atoms with Gasteiger partial charge in [-0.15, -0.1) is 0 Å². The maximum Gasteiger partial charge on any atom is 0.226 e. The molecular formula is C11H9ClN6. The lowest BCUT2D eigenvalue weighted by atomic mass is 10.3. The molecule has 0 unspecified atom stereocenters. The van der Waals surface area contributed by atoms with Crippen LogP contribution < -0.4 is 5.73 Å². The minimum absolute atomic E-state index is 0.122. The zero-order chi connectivity index (χ0) is 12.5. The molecule has 0 aliphatic rings. The van der Waals surface area contributed by atoms with Crippen molar-refractivity contribution in [3.05, 3.63) is 41.6 Å². The van der Waals surface area contributed by atoms with Gasteiger partial charge in [-0.25, -0.2) is 9.67 Å². The van der Waals surface area contributed by atoms with Gasteiger partial charge in [-0.2, -0.15) is 10.1 Å². The number of nitrogens with two attached hydrogens (primary N) is 1. The molecule has 3 aromatic rings. The molecule has 0 saturated carbocycles. The minimum atomic E-state index is 0.122. The van der Waals surface area contributed by atoms with Crippen LogP contribution in [0.25, 0.3) is 11.0 Å². The highest BCUT2D eigenvalue weighted by Crippen LogP contribution is 2.19. The molecule has 6 nitrogen and oxygen atoms in total. The van der Waals surface area contributed by atoms with Crippen LogP contribution in [0.5, 0.6) is 0 Å². The highest BCUT2D eigenvalue weighted by atomic mass is 35.5. The van der Waals surface area contributed by atoms with E-state index in [0.717, 1.165) is 5.56 Å². The Morgan fingerprint density at radius 1 is 1.22 bits per heavy atom. The zero-order valence-electron chi connectivity index (χ0n) is 9.29. The van der Waals surface area contributed by atoms with Crippen molar-refractivity contribution < 1.29 is 0 Å². The molecule has 7 heteroatoms. The summed E-state index contributed by atoms with van der Waals surface area (Å²) in [5, 5.41) is 5.07. The van der Waals surface area contributed by atoms with Crippen LogP contribution in [0.2, 0.25) is 5.28 Å². The molecule has 0 spiro atoms. The van der Waals surface area contributed by atoms with Gasteiger partial charge >= 0.3 is 0 Å². The van der Waals surface area contributed by atoms with E-state index < -0.39 is 0 Å². The van der Waals surface area contributed by atoms with E-state index in [9.17, 15) is 0 Å². The average Bonchev–Trinajstić information content (AvgIpc) is 2.74. The molecule has 3 heterocycles. The summed E-state index contributed by atoms with van der Waals surface area (Å²) in [6, 6.07) is 3.83. The van der Waals surface area contributed by atoms with Crippen molar-refractivity contribution in [1.29, 1.82) is 0 Å². The summed E-state index contributed by atoms with van der Waals surface area (Å²) in [6.45, 7) is 0.582. The normalized spacial score (nSPS) is 10.9. The van der Waals surface area contributed by atoms with Crippen LogP contribution >= 0.6 is 11.6 Å². The Kier molecular flexibility index (Phi) is 2.56. The summed E-state index contributed by atoms with van der Waals surface area (Å²) in [4.78, 5) is 12.0. The van der Waals surface area contributed by atoms with Crippen LogP contribution in [0.3, 0.4) is 0 Å². The number of halogens is 1. The number of nitrogen functional groups attached to an aromatic ring is 1. The molecule has 0 atom stereocenters. The quantitative estimate of drug-likeness (QED) is 0.706. The van der Waals surface area contributed by atoms with Gasteiger partial charge in [-0.3, -0.25) is 4.98 Å². The number of anilines is 1. The first-order valence-electron chi connectivity index (χ1n) is 5.27. The molecule has 0 aliphatic carbocycles. The summed E-state index contributed by atoms with van der Waals surface area (Å²) >= 11 is 5.80. The monoisotopic (exact) mass is 260 g/mol. The lowest BCUT2D eigenvalue weighted by molar-refractivity contribution is 0.703. The fraction of sp³-hybridized carbons (Fsp3) is 0.0909. The first-order valence-corrected chi connectivity index (χ1v) is 5.65. The van der Waals surface area contributed by atoms with Crippen LogP contribution in [0, 0.1) is 0 Å². The summed E-state index contributed by atoms with van der Waals surface area (Å²) in [6.07, 6.45) is 5.11. The first kappa shape index (κ1) is 10.9. The van der Waals surface area contributed by atoms with Crippen LogP contribution in [-0.4, -0.2) is 24.7 Å². The fourth-order valence-corrected chi connectivity index (χ4v) is 1.90. The summed E-state index contributed by atoms with van der Waals surface area (Å²) in [7, 11) is 0. The molecule has 0 fully saturated rings. The molecule has 0 aliphatic heterocycles. The second-order valence-electron chi connectivity index (χ2n) is 3.77. The molecule has 3 rings (SSSR count). The van der Waals surface area contributed by atoms with E-state index in [4.69, 9.17) is 17.3 Å². The Hall–Kier alpha value is -2.21. The third-order valence-electron chi connectivity index (χ3n) is 2.58. The molecule has 90 valence electrons. The molecule has 18 heavy (non-hydrogen) atoms. The second kappa shape index (κ2) is 4.23. The second-order valence-corrected chi connectivity index (χ2v) is 4.11. The van der Waals surface area contributed by atoms with Gasteiger partial charge in [0.05, 0.1) is 18.1 Å². The number of rotatable bonds is 2. The Labute approximate surface area is 107 Å². The maximum atomic E-state index is 5.80. The summed E-state index contributed by atoms with van der Waals surface area (Å²) < 4.78 is 1.73. The van der Waals surface area contributed by atoms with E-state index in [0.29, 0.717) is 23.4 Å². The smallest absolute Gasteiger partial charge is 0.226 e. The van der Waals surface area contributed by atoms with Gasteiger partial charge in [-0.1, -0.05) is 0 Å². The Morgan fingerprint density at radius 2 is 2.00 bits per heavy atom. The van der Waals surface area contributed by atoms with Crippen molar-refractivity contribution in [1.82, 2.24) is 24.7 Å². The standard InChI is InChI=1S/C11H9ClN6/c12-11-16-9(13)8-5-15-18(10(8)17-11)6-7-1-3-14-4-2-7/h1-5H,6H2,(H2,13,16,17). The summed E-state index contributed by atoms with van der Waals surface area (Å²) in [5.74, 6) is 0.339. The van der Waals surface area contributed by atoms with Crippen molar-refractivity contribution in [2.24, 2.45) is 0 Å². The van der Waals surface area contributed by atoms with Crippen molar-refractivity contribution in [3.63, 3.8) is 0 Å². The van der Waals surface area contributed by atoms with E-state index in [1.165, 1.54) is 0 Å². The van der Waals surface area contributed by atoms with E-state index in [1.807, 2.05) is 12.1 Å². The highest BCUT2D eigenvalue weighted by Gasteiger charge is 2.10. The topological polar surface area (TPSA) is 82.5 Å². The molecular weight excluding hydrogens is 252 g/mol. The molecule has 0 radical (unpaired) electrons. The number of nitrogens with zero attached hydrogens (tertiary/aromatic N) is 5. The maximum absolute atomic E-state index is 5.80. The van der Waals surface area contributed by atoms with Crippen LogP contribution in [-0.2, 0) is 6.54 Å². The molecule has 0 aromatic carbocycles. The number of hydrogen-bond donors (Lipinski definition) is 1. The van der Waals surface area contributed by atoms with Gasteiger partial charge in [0.25, 0.3) is 0 Å². The predicted octanol–water partition coefficient (Wildman–Crippen LogP) is 1.51. The highest BCUT2D eigenvalue weighted by molar-refractivity contribution is 6.28. The van der Waals surface area contributed by atoms with Crippen molar-refractivity contribution in [2.75, 3.05) is 5.73 Å². The third-order valence-corrected chi connectivity index (χ3v) is 2.75. The van der Waals surface area contributed by atoms with Crippen molar-refractivity contribution >= 4 is 28.5 Å². The molecule has 0 saturated heterocycles. The SMILES string of the molecule is Nc1nc(Cl)nc2c1cnn2Cc1ccncc1. The lowest BCUT2D eigenvalue weighted by Crippen LogP contribution is -2.03. The summed E-state index contributed by atoms with van der Waals surface area (Å²) in [5.41, 5.74) is 7.47. The third kappa shape index (κ3) is 1.86. The number of pyridine rings is 1. The van der Waals surface area contributed by atoms with E-state index in [1.54, 1.807) is 23.3 Å². The first-order chi connectivity index (χ1) is 8.74. The molecule has 0 amide bonds. The predicted molar refractivity (Wildman–Crippen MR) is 68.1 cm³/mol. The van der Waals surface area contributed by atoms with E-state index in [2.05, 4.69) is 20.1 Å². The van der Waals surface area contributed by atoms with E-state index in [-0.39, 0.29) is 5.28 Å². The molecule has 0 bridgehead atoms. The van der Waals surface area contributed by atoms with Crippen LogP contribution in [0.15, 0.2) is 30.7 Å². The largest absolute Gasteiger partial charge is 0.383 e. The van der Waals surface area contributed by atoms with Crippen LogP contribution in [0.4, 0.5) is 5.82 Å². The Bertz CT molecular complexity index is 693. The minimum Gasteiger partial charge on any atom is -0.383 e. The Balaban J connectivity index is 2.08. The van der Waals surface area contributed by atoms with Gasteiger partial charge in [0.15, 0.2) is 5.65 Å². The average molecular weight is 261 g/mol. The zero-order valence-corrected chi connectivity index (χ0v) is 10.0. The van der Waals surface area contributed by atoms with Crippen molar-refractivity contribution in [3.8, 4) is 0 Å². The van der Waals surface area contributed by atoms with Gasteiger partial charge in [0.2, 0.25) is 5.28 Å². The van der Waals surface area contributed by atoms with Crippen LogP contribution in [0.1, 0.15) is 5.56 Å².